The van der Waals surface area contributed by atoms with Crippen molar-refractivity contribution in [1.82, 2.24) is 9.97 Å². The molecule has 0 aliphatic rings. The molecule has 8 heteroatoms. The van der Waals surface area contributed by atoms with Crippen LogP contribution in [0.4, 0.5) is 0 Å². The minimum absolute atomic E-state index is 0.185. The Kier molecular flexibility index (Phi) is 7.42. The average Bonchev–Trinajstić information content (AvgIpc) is 2.71. The van der Waals surface area contributed by atoms with Crippen molar-refractivity contribution >= 4 is 50.3 Å². The van der Waals surface area contributed by atoms with Gasteiger partial charge in [-0.1, -0.05) is 30.0 Å². The molecule has 0 saturated carbocycles. The number of hydrogen-bond acceptors (Lipinski definition) is 5. The van der Waals surface area contributed by atoms with Gasteiger partial charge in [0.05, 0.1) is 19.9 Å². The van der Waals surface area contributed by atoms with E-state index in [1.165, 1.54) is 20.9 Å². The summed E-state index contributed by atoms with van der Waals surface area (Å²) in [5.74, 6) is 2.05. The predicted molar refractivity (Wildman–Crippen MR) is 124 cm³/mol. The zero-order valence-corrected chi connectivity index (χ0v) is 19.9. The number of rotatable bonds is 7. The lowest BCUT2D eigenvalue weighted by molar-refractivity contribution is 0.354. The van der Waals surface area contributed by atoms with E-state index in [1.54, 1.807) is 14.2 Å². The Morgan fingerprint density at radius 3 is 2.43 bits per heavy atom. The van der Waals surface area contributed by atoms with Gasteiger partial charge in [-0.2, -0.15) is 0 Å². The van der Waals surface area contributed by atoms with E-state index in [9.17, 15) is 4.79 Å². The van der Waals surface area contributed by atoms with Crippen LogP contribution in [-0.2, 0) is 12.2 Å². The maximum atomic E-state index is 12.3. The molecular formula is C20H18BrIN2O3S. The molecule has 1 heterocycles. The van der Waals surface area contributed by atoms with Gasteiger partial charge in [-0.05, 0) is 73.9 Å². The van der Waals surface area contributed by atoms with Crippen LogP contribution in [0.25, 0.3) is 0 Å². The van der Waals surface area contributed by atoms with E-state index in [0.717, 1.165) is 11.3 Å². The number of aromatic nitrogens is 2. The number of nitrogens with zero attached hydrogens (tertiary/aromatic N) is 1. The summed E-state index contributed by atoms with van der Waals surface area (Å²) in [6.45, 7) is 0. The van der Waals surface area contributed by atoms with Gasteiger partial charge in [0, 0.05) is 15.7 Å². The van der Waals surface area contributed by atoms with Crippen LogP contribution in [0.1, 0.15) is 16.8 Å². The van der Waals surface area contributed by atoms with Gasteiger partial charge >= 0.3 is 0 Å². The summed E-state index contributed by atoms with van der Waals surface area (Å²) >= 11 is 7.15. The van der Waals surface area contributed by atoms with Crippen LogP contribution >= 0.6 is 50.3 Å². The first-order chi connectivity index (χ1) is 13.5. The molecule has 2 aromatic carbocycles. The van der Waals surface area contributed by atoms with Crippen molar-refractivity contribution in [3.8, 4) is 11.5 Å². The van der Waals surface area contributed by atoms with Crippen LogP contribution in [0.2, 0.25) is 0 Å². The number of thioether (sulfide) groups is 1. The number of aromatic amines is 1. The number of H-pyrrole nitrogens is 1. The standard InChI is InChI=1S/C20H18BrIN2O3S/c1-26-16-8-5-13(10-17(16)27-2)9-15-18(21)19(25)24-20(23-15)28-11-12-3-6-14(22)7-4-12/h3-8,10H,9,11H2,1-2H3,(H,23,24,25). The van der Waals surface area contributed by atoms with E-state index < -0.39 is 0 Å². The zero-order chi connectivity index (χ0) is 20.1. The highest BCUT2D eigenvalue weighted by atomic mass is 127. The second-order valence-electron chi connectivity index (χ2n) is 5.91. The van der Waals surface area contributed by atoms with Crippen molar-refractivity contribution < 1.29 is 9.47 Å². The molecular weight excluding hydrogens is 555 g/mol. The summed E-state index contributed by atoms with van der Waals surface area (Å²) in [6.07, 6.45) is 0.502. The van der Waals surface area contributed by atoms with Gasteiger partial charge in [0.1, 0.15) is 4.47 Å². The molecule has 0 bridgehead atoms. The third-order valence-corrected chi connectivity index (χ3v) is 6.50. The van der Waals surface area contributed by atoms with Crippen molar-refractivity contribution in [2.75, 3.05) is 14.2 Å². The first kappa shape index (κ1) is 21.2. The second kappa shape index (κ2) is 9.80. The highest BCUT2D eigenvalue weighted by molar-refractivity contribution is 14.1. The van der Waals surface area contributed by atoms with Gasteiger partial charge in [0.25, 0.3) is 5.56 Å². The van der Waals surface area contributed by atoms with Gasteiger partial charge in [-0.25, -0.2) is 4.98 Å². The quantitative estimate of drug-likeness (QED) is 0.244. The molecule has 5 nitrogen and oxygen atoms in total. The van der Waals surface area contributed by atoms with E-state index in [-0.39, 0.29) is 5.56 Å². The minimum atomic E-state index is -0.185. The fourth-order valence-electron chi connectivity index (χ4n) is 2.58. The zero-order valence-electron chi connectivity index (χ0n) is 15.3. The Morgan fingerprint density at radius 1 is 1.07 bits per heavy atom. The van der Waals surface area contributed by atoms with E-state index >= 15 is 0 Å². The number of hydrogen-bond donors (Lipinski definition) is 1. The summed E-state index contributed by atoms with van der Waals surface area (Å²) < 4.78 is 12.3. The topological polar surface area (TPSA) is 64.2 Å². The molecule has 0 spiro atoms. The van der Waals surface area contributed by atoms with Crippen molar-refractivity contribution in [1.29, 1.82) is 0 Å². The van der Waals surface area contributed by atoms with Crippen LogP contribution in [0.15, 0.2) is 56.9 Å². The molecule has 0 saturated heterocycles. The molecule has 1 N–H and O–H groups in total. The molecule has 1 aromatic heterocycles. The number of benzene rings is 2. The monoisotopic (exact) mass is 572 g/mol. The Hall–Kier alpha value is -1.52. The fraction of sp³-hybridized carbons (Fsp3) is 0.200. The molecule has 0 amide bonds. The van der Waals surface area contributed by atoms with Crippen LogP contribution < -0.4 is 15.0 Å². The van der Waals surface area contributed by atoms with Crippen molar-refractivity contribution in [3.63, 3.8) is 0 Å². The summed E-state index contributed by atoms with van der Waals surface area (Å²) in [6, 6.07) is 14.0. The smallest absolute Gasteiger partial charge is 0.266 e. The van der Waals surface area contributed by atoms with E-state index in [2.05, 4.69) is 72.8 Å². The van der Waals surface area contributed by atoms with Crippen molar-refractivity contribution in [3.05, 3.63) is 77.7 Å². The van der Waals surface area contributed by atoms with E-state index in [0.29, 0.717) is 33.2 Å². The molecule has 3 rings (SSSR count). The Balaban J connectivity index is 1.81. The van der Waals surface area contributed by atoms with Gasteiger partial charge in [-0.15, -0.1) is 0 Å². The van der Waals surface area contributed by atoms with Gasteiger partial charge in [0.2, 0.25) is 0 Å². The highest BCUT2D eigenvalue weighted by Gasteiger charge is 2.12. The Labute approximate surface area is 189 Å². The largest absolute Gasteiger partial charge is 0.493 e. The molecule has 28 heavy (non-hydrogen) atoms. The summed E-state index contributed by atoms with van der Waals surface area (Å²) in [7, 11) is 3.20. The molecule has 3 aromatic rings. The molecule has 0 atom stereocenters. The minimum Gasteiger partial charge on any atom is -0.493 e. The maximum Gasteiger partial charge on any atom is 0.266 e. The number of methoxy groups -OCH3 is 2. The van der Waals surface area contributed by atoms with Crippen LogP contribution in [-0.4, -0.2) is 24.2 Å². The first-order valence-corrected chi connectivity index (χ1v) is 11.2. The second-order valence-corrected chi connectivity index (χ2v) is 8.92. The van der Waals surface area contributed by atoms with Gasteiger partial charge < -0.3 is 14.5 Å². The Bertz CT molecular complexity index is 1020. The molecule has 0 aliphatic heterocycles. The molecule has 146 valence electrons. The molecule has 0 fully saturated rings. The first-order valence-electron chi connectivity index (χ1n) is 8.37. The summed E-state index contributed by atoms with van der Waals surface area (Å²) in [5.41, 5.74) is 2.65. The van der Waals surface area contributed by atoms with Crippen molar-refractivity contribution in [2.24, 2.45) is 0 Å². The Morgan fingerprint density at radius 2 is 1.75 bits per heavy atom. The SMILES string of the molecule is COc1ccc(Cc2nc(SCc3ccc(I)cc3)[nH]c(=O)c2Br)cc1OC. The number of nitrogens with one attached hydrogen (secondary N) is 1. The highest BCUT2D eigenvalue weighted by Crippen LogP contribution is 2.29. The molecule has 0 unspecified atom stereocenters. The van der Waals surface area contributed by atoms with E-state index in [1.807, 2.05) is 18.2 Å². The maximum absolute atomic E-state index is 12.3. The van der Waals surface area contributed by atoms with Crippen molar-refractivity contribution in [2.45, 2.75) is 17.3 Å². The normalized spacial score (nSPS) is 10.7. The van der Waals surface area contributed by atoms with Crippen LogP contribution in [0, 0.1) is 3.57 Å². The lowest BCUT2D eigenvalue weighted by Crippen LogP contribution is -2.13. The predicted octanol–water partition coefficient (Wildman–Crippen LogP) is 5.04. The summed E-state index contributed by atoms with van der Waals surface area (Å²) in [5, 5.41) is 0.599. The molecule has 0 radical (unpaired) electrons. The number of halogens is 2. The van der Waals surface area contributed by atoms with Crippen LogP contribution in [0.5, 0.6) is 11.5 Å². The average molecular weight is 573 g/mol. The lowest BCUT2D eigenvalue weighted by atomic mass is 10.1. The third kappa shape index (κ3) is 5.30. The third-order valence-electron chi connectivity index (χ3n) is 4.02. The van der Waals surface area contributed by atoms with Gasteiger partial charge in [-0.3, -0.25) is 4.79 Å². The van der Waals surface area contributed by atoms with E-state index in [4.69, 9.17) is 9.47 Å². The number of ether oxygens (including phenoxy) is 2. The van der Waals surface area contributed by atoms with Crippen LogP contribution in [0.3, 0.4) is 0 Å². The lowest BCUT2D eigenvalue weighted by Gasteiger charge is -2.10. The summed E-state index contributed by atoms with van der Waals surface area (Å²) in [4.78, 5) is 19.8. The van der Waals surface area contributed by atoms with Gasteiger partial charge in [0.15, 0.2) is 16.7 Å². The fourth-order valence-corrected chi connectivity index (χ4v) is 4.11. The molecule has 0 aliphatic carbocycles.